The fourth-order valence-electron chi connectivity index (χ4n) is 3.90. The molecule has 2 aromatic heterocycles. The molecule has 9 heteroatoms. The van der Waals surface area contributed by atoms with Gasteiger partial charge in [-0.2, -0.15) is 14.5 Å². The van der Waals surface area contributed by atoms with E-state index in [1.54, 1.807) is 6.07 Å². The van der Waals surface area contributed by atoms with E-state index in [9.17, 15) is 9.18 Å². The molecule has 4 rings (SSSR count). The Labute approximate surface area is 168 Å². The fraction of sp³-hybridized carbons (Fsp3) is 0.550. The average molecular weight is 403 g/mol. The molecule has 1 fully saturated rings. The van der Waals surface area contributed by atoms with Gasteiger partial charge in [-0.15, -0.1) is 0 Å². The zero-order chi connectivity index (χ0) is 20.4. The highest BCUT2D eigenvalue weighted by molar-refractivity contribution is 5.67. The molecule has 4 atom stereocenters. The highest BCUT2D eigenvalue weighted by Crippen LogP contribution is 2.36. The number of carbonyl (C=O) groups excluding carboxylic acids is 1. The summed E-state index contributed by atoms with van der Waals surface area (Å²) in [5.41, 5.74) is 1.49. The number of H-pyrrole nitrogens is 1. The van der Waals surface area contributed by atoms with Gasteiger partial charge in [0.15, 0.2) is 5.82 Å². The van der Waals surface area contributed by atoms with Gasteiger partial charge in [0.25, 0.3) is 0 Å². The SMILES string of the molecule is C[C@@H]1CC[C@H](C)Oc2cc(cc(F)n2)Nc2cc([nH]n2)[C@H]2CC[C@H](C2)OC(=O)N1. The normalized spacial score (nSPS) is 27.6. The molecule has 3 heterocycles. The van der Waals surface area contributed by atoms with E-state index in [2.05, 4.69) is 25.8 Å². The Morgan fingerprint density at radius 3 is 2.83 bits per heavy atom. The van der Waals surface area contributed by atoms with Gasteiger partial charge in [-0.1, -0.05) is 0 Å². The summed E-state index contributed by atoms with van der Waals surface area (Å²) in [6.45, 7) is 3.82. The van der Waals surface area contributed by atoms with Crippen molar-refractivity contribution in [2.24, 2.45) is 0 Å². The lowest BCUT2D eigenvalue weighted by atomic mass is 10.0. The Balaban J connectivity index is 1.57. The molecule has 29 heavy (non-hydrogen) atoms. The molecule has 0 unspecified atom stereocenters. The first-order valence-electron chi connectivity index (χ1n) is 10.1. The molecule has 1 amide bonds. The molecule has 0 aromatic carbocycles. The second-order valence-corrected chi connectivity index (χ2v) is 7.94. The number of aromatic amines is 1. The lowest BCUT2D eigenvalue weighted by molar-refractivity contribution is 0.0963. The van der Waals surface area contributed by atoms with E-state index >= 15 is 0 Å². The van der Waals surface area contributed by atoms with E-state index in [1.807, 2.05) is 19.9 Å². The van der Waals surface area contributed by atoms with Gasteiger partial charge in [0, 0.05) is 41.5 Å². The van der Waals surface area contributed by atoms with Crippen molar-refractivity contribution < 1.29 is 18.7 Å². The molecule has 6 bridgehead atoms. The Morgan fingerprint density at radius 1 is 1.10 bits per heavy atom. The van der Waals surface area contributed by atoms with E-state index < -0.39 is 5.95 Å². The van der Waals surface area contributed by atoms with Gasteiger partial charge in [-0.05, 0) is 46.0 Å². The van der Waals surface area contributed by atoms with Crippen LogP contribution in [0.4, 0.5) is 20.7 Å². The quantitative estimate of drug-likeness (QED) is 0.575. The third kappa shape index (κ3) is 4.96. The summed E-state index contributed by atoms with van der Waals surface area (Å²) in [6.07, 6.45) is 3.18. The largest absolute Gasteiger partial charge is 0.475 e. The molecular weight excluding hydrogens is 377 g/mol. The van der Waals surface area contributed by atoms with Gasteiger partial charge in [-0.3, -0.25) is 5.10 Å². The number of ether oxygens (including phenoxy) is 2. The lowest BCUT2D eigenvalue weighted by Crippen LogP contribution is -2.35. The Hall–Kier alpha value is -2.84. The minimum atomic E-state index is -0.626. The number of alkyl carbamates (subject to hydrolysis) is 1. The number of carbonyl (C=O) groups is 1. The Morgan fingerprint density at radius 2 is 1.97 bits per heavy atom. The number of fused-ring (bicyclic) bond motifs is 7. The molecule has 0 radical (unpaired) electrons. The second kappa shape index (κ2) is 8.26. The van der Waals surface area contributed by atoms with Crippen LogP contribution >= 0.6 is 0 Å². The molecular formula is C20H26FN5O3. The van der Waals surface area contributed by atoms with Gasteiger partial charge >= 0.3 is 6.09 Å². The number of nitrogens with zero attached hydrogens (tertiary/aromatic N) is 2. The van der Waals surface area contributed by atoms with Crippen LogP contribution in [-0.4, -0.2) is 39.5 Å². The van der Waals surface area contributed by atoms with Gasteiger partial charge in [0.2, 0.25) is 11.8 Å². The molecule has 3 N–H and O–H groups in total. The third-order valence-electron chi connectivity index (χ3n) is 5.43. The molecule has 156 valence electrons. The standard InChI is InChI=1S/C20H26FN5O3/c1-11-3-4-12(2)28-19-9-14(8-17(21)24-19)23-18-10-16(25-26-18)13-5-6-15(7-13)29-20(27)22-11/h8-13,15H,3-7H2,1-2H3,(H,22,27)(H2,23,25,26)/t11-,12+,13+,15-/m1/s1. The van der Waals surface area contributed by atoms with Crippen LogP contribution in [-0.2, 0) is 4.74 Å². The van der Waals surface area contributed by atoms with Crippen molar-refractivity contribution in [3.05, 3.63) is 29.8 Å². The highest BCUT2D eigenvalue weighted by Gasteiger charge is 2.30. The Kier molecular flexibility index (Phi) is 5.55. The van der Waals surface area contributed by atoms with Gasteiger partial charge in [0.1, 0.15) is 6.10 Å². The van der Waals surface area contributed by atoms with Crippen LogP contribution in [0.15, 0.2) is 18.2 Å². The lowest BCUT2D eigenvalue weighted by Gasteiger charge is -2.19. The molecule has 0 saturated heterocycles. The molecule has 0 spiro atoms. The summed E-state index contributed by atoms with van der Waals surface area (Å²) >= 11 is 0. The highest BCUT2D eigenvalue weighted by atomic mass is 19.1. The summed E-state index contributed by atoms with van der Waals surface area (Å²) in [5.74, 6) is 0.400. The number of nitrogens with one attached hydrogen (secondary N) is 3. The maximum Gasteiger partial charge on any atom is 0.407 e. The molecule has 1 aliphatic carbocycles. The minimum Gasteiger partial charge on any atom is -0.475 e. The minimum absolute atomic E-state index is 0.0579. The summed E-state index contributed by atoms with van der Waals surface area (Å²) in [7, 11) is 0. The van der Waals surface area contributed by atoms with Crippen LogP contribution in [0.2, 0.25) is 0 Å². The second-order valence-electron chi connectivity index (χ2n) is 7.94. The first-order valence-corrected chi connectivity index (χ1v) is 10.1. The molecule has 8 nitrogen and oxygen atoms in total. The van der Waals surface area contributed by atoms with Crippen molar-refractivity contribution in [3.63, 3.8) is 0 Å². The monoisotopic (exact) mass is 403 g/mol. The molecule has 2 aromatic rings. The van der Waals surface area contributed by atoms with Crippen molar-refractivity contribution in [3.8, 4) is 5.88 Å². The molecule has 1 aliphatic heterocycles. The van der Waals surface area contributed by atoms with Gasteiger partial charge in [0.05, 0.1) is 6.10 Å². The van der Waals surface area contributed by atoms with Gasteiger partial charge < -0.3 is 20.1 Å². The number of hydrogen-bond acceptors (Lipinski definition) is 6. The number of halogens is 1. The van der Waals surface area contributed by atoms with E-state index in [-0.39, 0.29) is 36.1 Å². The van der Waals surface area contributed by atoms with E-state index in [0.717, 1.165) is 25.0 Å². The third-order valence-corrected chi connectivity index (χ3v) is 5.43. The number of anilines is 2. The van der Waals surface area contributed by atoms with Crippen LogP contribution in [0.3, 0.4) is 0 Å². The van der Waals surface area contributed by atoms with Gasteiger partial charge in [-0.25, -0.2) is 4.79 Å². The van der Waals surface area contributed by atoms with Crippen molar-refractivity contribution in [1.29, 1.82) is 0 Å². The van der Waals surface area contributed by atoms with Crippen LogP contribution in [0.1, 0.15) is 57.6 Å². The van der Waals surface area contributed by atoms with Crippen LogP contribution in [0, 0.1) is 5.95 Å². The predicted molar refractivity (Wildman–Crippen MR) is 105 cm³/mol. The number of amides is 1. The van der Waals surface area contributed by atoms with Crippen molar-refractivity contribution in [2.45, 2.75) is 70.1 Å². The maximum atomic E-state index is 14.0. The zero-order valence-electron chi connectivity index (χ0n) is 16.6. The maximum absolute atomic E-state index is 14.0. The molecule has 2 aliphatic rings. The van der Waals surface area contributed by atoms with Crippen LogP contribution in [0.5, 0.6) is 5.88 Å². The summed E-state index contributed by atoms with van der Waals surface area (Å²) in [6, 6.07) is 4.81. The number of aromatic nitrogens is 3. The van der Waals surface area contributed by atoms with E-state index in [4.69, 9.17) is 9.47 Å². The average Bonchev–Trinajstić information content (AvgIpc) is 3.28. The van der Waals surface area contributed by atoms with Crippen LogP contribution < -0.4 is 15.4 Å². The zero-order valence-corrected chi connectivity index (χ0v) is 16.6. The van der Waals surface area contributed by atoms with Crippen molar-refractivity contribution >= 4 is 17.6 Å². The topological polar surface area (TPSA) is 101 Å². The van der Waals surface area contributed by atoms with E-state index in [0.29, 0.717) is 24.3 Å². The van der Waals surface area contributed by atoms with Crippen molar-refractivity contribution in [1.82, 2.24) is 20.5 Å². The van der Waals surface area contributed by atoms with E-state index in [1.165, 1.54) is 6.07 Å². The smallest absolute Gasteiger partial charge is 0.407 e. The van der Waals surface area contributed by atoms with Crippen molar-refractivity contribution in [2.75, 3.05) is 5.32 Å². The number of rotatable bonds is 0. The Bertz CT molecular complexity index is 874. The predicted octanol–water partition coefficient (Wildman–Crippen LogP) is 4.00. The number of pyridine rings is 1. The first kappa shape index (κ1) is 19.5. The summed E-state index contributed by atoms with van der Waals surface area (Å²) in [4.78, 5) is 16.0. The first-order chi connectivity index (χ1) is 13.9. The fourth-order valence-corrected chi connectivity index (χ4v) is 3.90. The summed E-state index contributed by atoms with van der Waals surface area (Å²) in [5, 5.41) is 13.3. The van der Waals surface area contributed by atoms with Crippen LogP contribution in [0.25, 0.3) is 0 Å². The summed E-state index contributed by atoms with van der Waals surface area (Å²) < 4.78 is 25.3. The molecule has 1 saturated carbocycles. The number of hydrogen-bond donors (Lipinski definition) is 3.